The van der Waals surface area contributed by atoms with E-state index in [1.807, 2.05) is 6.92 Å². The topological polar surface area (TPSA) is 71.1 Å². The van der Waals surface area contributed by atoms with E-state index in [4.69, 9.17) is 0 Å². The first-order valence-electron chi connectivity index (χ1n) is 5.78. The molecule has 0 amide bonds. The van der Waals surface area contributed by atoms with Gasteiger partial charge in [0.2, 0.25) is 5.03 Å². The van der Waals surface area contributed by atoms with Crippen LogP contribution < -0.4 is 10.0 Å². The first-order valence-corrected chi connectivity index (χ1v) is 7.27. The molecule has 1 unspecified atom stereocenters. The molecule has 1 fully saturated rings. The van der Waals surface area contributed by atoms with Crippen molar-refractivity contribution in [1.29, 1.82) is 0 Å². The van der Waals surface area contributed by atoms with E-state index in [1.165, 1.54) is 12.3 Å². The van der Waals surface area contributed by atoms with Crippen LogP contribution in [0.5, 0.6) is 0 Å². The summed E-state index contributed by atoms with van der Waals surface area (Å²) < 4.78 is 39.6. The lowest BCUT2D eigenvalue weighted by atomic mass is 10.0. The summed E-state index contributed by atoms with van der Waals surface area (Å²) >= 11 is 0. The molecule has 0 aliphatic carbocycles. The summed E-state index contributed by atoms with van der Waals surface area (Å²) in [5, 5.41) is 2.68. The van der Waals surface area contributed by atoms with Gasteiger partial charge in [0.1, 0.15) is 0 Å². The molecule has 0 saturated carbocycles. The summed E-state index contributed by atoms with van der Waals surface area (Å²) in [6.07, 6.45) is 3.16. The van der Waals surface area contributed by atoms with Gasteiger partial charge in [0.25, 0.3) is 10.0 Å². The number of hydrogen-bond donors (Lipinski definition) is 2. The second-order valence-corrected chi connectivity index (χ2v) is 6.39. The van der Waals surface area contributed by atoms with Crippen molar-refractivity contribution in [2.75, 3.05) is 13.1 Å². The minimum atomic E-state index is -3.89. The molecular weight excluding hydrogens is 257 g/mol. The van der Waals surface area contributed by atoms with Crippen molar-refractivity contribution in [2.24, 2.45) is 0 Å². The molecule has 0 aromatic carbocycles. The smallest absolute Gasteiger partial charge is 0.261 e. The van der Waals surface area contributed by atoms with Crippen molar-refractivity contribution >= 4 is 10.0 Å². The molecular formula is C11H16FN3O2S. The van der Waals surface area contributed by atoms with E-state index in [1.54, 1.807) is 0 Å². The van der Waals surface area contributed by atoms with E-state index >= 15 is 0 Å². The molecule has 7 heteroatoms. The summed E-state index contributed by atoms with van der Waals surface area (Å²) in [5.74, 6) is -0.838. The Labute approximate surface area is 106 Å². The SMILES string of the molecule is CC1(CNS(=O)(=O)c2ncccc2F)CCCN1. The average Bonchev–Trinajstić information content (AvgIpc) is 2.75. The standard InChI is InChI=1S/C11H16FN3O2S/c1-11(5-3-7-14-11)8-15-18(16,17)10-9(12)4-2-6-13-10/h2,4,6,14-15H,3,5,7-8H2,1H3. The van der Waals surface area contributed by atoms with E-state index in [2.05, 4.69) is 15.0 Å². The van der Waals surface area contributed by atoms with Crippen LogP contribution in [-0.4, -0.2) is 32.0 Å². The van der Waals surface area contributed by atoms with E-state index in [0.717, 1.165) is 25.5 Å². The Kier molecular flexibility index (Phi) is 3.65. The van der Waals surface area contributed by atoms with Crippen LogP contribution in [0.15, 0.2) is 23.4 Å². The second-order valence-electron chi connectivity index (χ2n) is 4.71. The molecule has 2 rings (SSSR count). The number of rotatable bonds is 4. The minimum absolute atomic E-state index is 0.228. The van der Waals surface area contributed by atoms with Crippen LogP contribution in [0.4, 0.5) is 4.39 Å². The number of nitrogens with one attached hydrogen (secondary N) is 2. The summed E-state index contributed by atoms with van der Waals surface area (Å²) in [6, 6.07) is 2.44. The van der Waals surface area contributed by atoms with E-state index in [9.17, 15) is 12.8 Å². The van der Waals surface area contributed by atoms with Crippen molar-refractivity contribution in [3.63, 3.8) is 0 Å². The normalized spacial score (nSPS) is 24.3. The quantitative estimate of drug-likeness (QED) is 0.844. The lowest BCUT2D eigenvalue weighted by molar-refractivity contribution is 0.408. The maximum atomic E-state index is 13.4. The molecule has 1 atom stereocenters. The van der Waals surface area contributed by atoms with Crippen LogP contribution in [0.3, 0.4) is 0 Å². The van der Waals surface area contributed by atoms with Gasteiger partial charge >= 0.3 is 0 Å². The summed E-state index contributed by atoms with van der Waals surface area (Å²) in [6.45, 7) is 3.04. The summed E-state index contributed by atoms with van der Waals surface area (Å²) in [5.41, 5.74) is -0.266. The van der Waals surface area contributed by atoms with Crippen LogP contribution in [-0.2, 0) is 10.0 Å². The third-order valence-corrected chi connectivity index (χ3v) is 4.42. The maximum Gasteiger partial charge on any atom is 0.261 e. The third kappa shape index (κ3) is 2.85. The Morgan fingerprint density at radius 1 is 1.61 bits per heavy atom. The lowest BCUT2D eigenvalue weighted by Crippen LogP contribution is -2.47. The van der Waals surface area contributed by atoms with Crippen LogP contribution in [0.2, 0.25) is 0 Å². The monoisotopic (exact) mass is 273 g/mol. The number of pyridine rings is 1. The summed E-state index contributed by atoms with van der Waals surface area (Å²) in [4.78, 5) is 3.57. The molecule has 1 aliphatic heterocycles. The molecule has 2 N–H and O–H groups in total. The van der Waals surface area contributed by atoms with Gasteiger partial charge in [-0.3, -0.25) is 0 Å². The first-order chi connectivity index (χ1) is 8.43. The molecule has 1 saturated heterocycles. The van der Waals surface area contributed by atoms with Crippen LogP contribution in [0.25, 0.3) is 0 Å². The van der Waals surface area contributed by atoms with Gasteiger partial charge in [-0.05, 0) is 38.4 Å². The van der Waals surface area contributed by atoms with Crippen molar-refractivity contribution in [1.82, 2.24) is 15.0 Å². The van der Waals surface area contributed by atoms with Gasteiger partial charge in [-0.2, -0.15) is 0 Å². The van der Waals surface area contributed by atoms with Gasteiger partial charge in [0, 0.05) is 18.3 Å². The number of halogens is 1. The maximum absolute atomic E-state index is 13.4. The Bertz CT molecular complexity index is 527. The molecule has 5 nitrogen and oxygen atoms in total. The van der Waals surface area contributed by atoms with Crippen molar-refractivity contribution in [2.45, 2.75) is 30.3 Å². The van der Waals surface area contributed by atoms with Crippen LogP contribution in [0, 0.1) is 5.82 Å². The molecule has 100 valence electrons. The molecule has 0 radical (unpaired) electrons. The average molecular weight is 273 g/mol. The molecule has 0 bridgehead atoms. The van der Waals surface area contributed by atoms with Gasteiger partial charge in [0.15, 0.2) is 5.82 Å². The Hall–Kier alpha value is -1.05. The molecule has 18 heavy (non-hydrogen) atoms. The molecule has 1 aromatic heterocycles. The highest BCUT2D eigenvalue weighted by Crippen LogP contribution is 2.18. The van der Waals surface area contributed by atoms with E-state index in [0.29, 0.717) is 0 Å². The zero-order valence-corrected chi connectivity index (χ0v) is 10.9. The number of hydrogen-bond acceptors (Lipinski definition) is 4. The Morgan fingerprint density at radius 2 is 2.39 bits per heavy atom. The van der Waals surface area contributed by atoms with Crippen molar-refractivity contribution < 1.29 is 12.8 Å². The lowest BCUT2D eigenvalue weighted by Gasteiger charge is -2.24. The summed E-state index contributed by atoms with van der Waals surface area (Å²) in [7, 11) is -3.89. The molecule has 1 aromatic rings. The zero-order valence-electron chi connectivity index (χ0n) is 10.1. The van der Waals surface area contributed by atoms with E-state index in [-0.39, 0.29) is 12.1 Å². The van der Waals surface area contributed by atoms with Gasteiger partial charge in [0.05, 0.1) is 0 Å². The fraction of sp³-hybridized carbons (Fsp3) is 0.545. The van der Waals surface area contributed by atoms with Crippen LogP contribution in [0.1, 0.15) is 19.8 Å². The van der Waals surface area contributed by atoms with Gasteiger partial charge < -0.3 is 5.32 Å². The predicted octanol–water partition coefficient (Wildman–Crippen LogP) is 0.641. The van der Waals surface area contributed by atoms with E-state index < -0.39 is 20.9 Å². The predicted molar refractivity (Wildman–Crippen MR) is 65.0 cm³/mol. The molecule has 2 heterocycles. The van der Waals surface area contributed by atoms with Gasteiger partial charge in [-0.25, -0.2) is 22.5 Å². The largest absolute Gasteiger partial charge is 0.310 e. The Morgan fingerprint density at radius 3 is 3.00 bits per heavy atom. The highest BCUT2D eigenvalue weighted by Gasteiger charge is 2.30. The zero-order chi connectivity index (χ0) is 13.2. The van der Waals surface area contributed by atoms with Gasteiger partial charge in [-0.1, -0.05) is 0 Å². The second kappa shape index (κ2) is 4.91. The number of nitrogens with zero attached hydrogens (tertiary/aromatic N) is 1. The highest BCUT2D eigenvalue weighted by molar-refractivity contribution is 7.89. The first kappa shape index (κ1) is 13.4. The van der Waals surface area contributed by atoms with Crippen molar-refractivity contribution in [3.05, 3.63) is 24.1 Å². The van der Waals surface area contributed by atoms with Crippen LogP contribution >= 0.6 is 0 Å². The molecule has 1 aliphatic rings. The minimum Gasteiger partial charge on any atom is -0.310 e. The number of aromatic nitrogens is 1. The molecule has 0 spiro atoms. The fourth-order valence-electron chi connectivity index (χ4n) is 2.00. The third-order valence-electron chi connectivity index (χ3n) is 3.09. The Balaban J connectivity index is 2.11. The highest BCUT2D eigenvalue weighted by atomic mass is 32.2. The fourth-order valence-corrected chi connectivity index (χ4v) is 3.17. The number of sulfonamides is 1. The van der Waals surface area contributed by atoms with Crippen molar-refractivity contribution in [3.8, 4) is 0 Å². The van der Waals surface area contributed by atoms with Gasteiger partial charge in [-0.15, -0.1) is 0 Å².